The number of nitrogens with zero attached hydrogens (tertiary/aromatic N) is 1. The van der Waals surface area contributed by atoms with Gasteiger partial charge in [-0.25, -0.2) is 0 Å². The number of ketones is 2. The summed E-state index contributed by atoms with van der Waals surface area (Å²) in [5, 5.41) is 10.1. The summed E-state index contributed by atoms with van der Waals surface area (Å²) in [5.41, 5.74) is 3.53. The van der Waals surface area contributed by atoms with Gasteiger partial charge in [0.05, 0.1) is 25.5 Å². The van der Waals surface area contributed by atoms with Crippen molar-refractivity contribution in [2.45, 2.75) is 32.2 Å². The van der Waals surface area contributed by atoms with Crippen LogP contribution >= 0.6 is 0 Å². The molecule has 0 bridgehead atoms. The van der Waals surface area contributed by atoms with Gasteiger partial charge in [-0.1, -0.05) is 48.0 Å². The number of carbonyl (C=O) groups excluding carboxylic acids is 4. The molecule has 7 nitrogen and oxygen atoms in total. The molecule has 2 aromatic rings. The second kappa shape index (κ2) is 8.94. The lowest BCUT2D eigenvalue weighted by molar-refractivity contribution is -0.140. The van der Waals surface area contributed by atoms with Crippen molar-refractivity contribution >= 4 is 23.4 Å². The SMILES string of the molecule is COc1cc(O)ccc1[C@H]1C2=CC[C@@H]3C(=O)N(Cc4ccccc4)C(=O)[C@@H]3[C@@H]2CC2=C1C(=O)C(C)=CC2=O. The van der Waals surface area contributed by atoms with Crippen LogP contribution in [0.3, 0.4) is 0 Å². The van der Waals surface area contributed by atoms with Crippen molar-refractivity contribution in [2.75, 3.05) is 7.11 Å². The quantitative estimate of drug-likeness (QED) is 0.380. The fourth-order valence-corrected chi connectivity index (χ4v) is 6.64. The third kappa shape index (κ3) is 3.56. The third-order valence-electron chi connectivity index (χ3n) is 8.37. The molecule has 4 aliphatic rings. The molecule has 1 saturated heterocycles. The minimum Gasteiger partial charge on any atom is -0.508 e. The van der Waals surface area contributed by atoms with Crippen LogP contribution in [0.1, 0.15) is 36.8 Å². The zero-order valence-electron chi connectivity index (χ0n) is 21.1. The monoisotopic (exact) mass is 509 g/mol. The fourth-order valence-electron chi connectivity index (χ4n) is 6.64. The van der Waals surface area contributed by atoms with Crippen molar-refractivity contribution in [1.29, 1.82) is 0 Å². The Balaban J connectivity index is 1.47. The van der Waals surface area contributed by atoms with Gasteiger partial charge in [0.1, 0.15) is 11.5 Å². The molecule has 3 aliphatic carbocycles. The largest absolute Gasteiger partial charge is 0.508 e. The number of carbonyl (C=O) groups is 4. The molecule has 0 saturated carbocycles. The highest BCUT2D eigenvalue weighted by Crippen LogP contribution is 2.56. The minimum atomic E-state index is -0.619. The zero-order chi connectivity index (χ0) is 26.7. The molecule has 1 N–H and O–H groups in total. The molecular weight excluding hydrogens is 482 g/mol. The molecule has 7 heteroatoms. The van der Waals surface area contributed by atoms with Crippen molar-refractivity contribution in [3.8, 4) is 11.5 Å². The average Bonchev–Trinajstić information content (AvgIpc) is 3.16. The number of benzene rings is 2. The van der Waals surface area contributed by atoms with Gasteiger partial charge in [-0.3, -0.25) is 24.1 Å². The van der Waals surface area contributed by atoms with Gasteiger partial charge in [0, 0.05) is 34.3 Å². The maximum atomic E-state index is 13.8. The van der Waals surface area contributed by atoms with Crippen LogP contribution in [0.5, 0.6) is 11.5 Å². The number of likely N-dealkylation sites (tertiary alicyclic amines) is 1. The van der Waals surface area contributed by atoms with Crippen LogP contribution in [0.2, 0.25) is 0 Å². The molecule has 0 aromatic heterocycles. The van der Waals surface area contributed by atoms with E-state index >= 15 is 0 Å². The van der Waals surface area contributed by atoms with E-state index in [1.807, 2.05) is 36.4 Å². The highest BCUT2D eigenvalue weighted by molar-refractivity contribution is 6.24. The second-order valence-corrected chi connectivity index (χ2v) is 10.4. The number of phenols is 1. The molecule has 38 heavy (non-hydrogen) atoms. The zero-order valence-corrected chi connectivity index (χ0v) is 21.1. The van der Waals surface area contributed by atoms with Crippen LogP contribution < -0.4 is 4.74 Å². The number of Topliss-reactive ketones (excluding diaryl/α,β-unsaturated/α-hetero) is 1. The topological polar surface area (TPSA) is 101 Å². The first kappa shape index (κ1) is 24.1. The van der Waals surface area contributed by atoms with Crippen molar-refractivity contribution < 1.29 is 29.0 Å². The first-order chi connectivity index (χ1) is 18.3. The van der Waals surface area contributed by atoms with E-state index in [-0.39, 0.29) is 42.1 Å². The van der Waals surface area contributed by atoms with E-state index in [2.05, 4.69) is 0 Å². The van der Waals surface area contributed by atoms with E-state index < -0.39 is 23.7 Å². The first-order valence-electron chi connectivity index (χ1n) is 12.8. The predicted octanol–water partition coefficient (Wildman–Crippen LogP) is 4.03. The lowest BCUT2D eigenvalue weighted by Crippen LogP contribution is -2.39. The van der Waals surface area contributed by atoms with Crippen LogP contribution in [0.4, 0.5) is 0 Å². The van der Waals surface area contributed by atoms with Crippen molar-refractivity contribution in [1.82, 2.24) is 4.90 Å². The van der Waals surface area contributed by atoms with Gasteiger partial charge >= 0.3 is 0 Å². The van der Waals surface area contributed by atoms with Crippen molar-refractivity contribution in [3.05, 3.63) is 94.1 Å². The van der Waals surface area contributed by atoms with Crippen LogP contribution in [-0.2, 0) is 25.7 Å². The Bertz CT molecular complexity index is 1500. The van der Waals surface area contributed by atoms with E-state index in [1.165, 1.54) is 30.2 Å². The van der Waals surface area contributed by atoms with Gasteiger partial charge in [0.2, 0.25) is 11.8 Å². The van der Waals surface area contributed by atoms with Gasteiger partial charge in [0.15, 0.2) is 11.6 Å². The Morgan fingerprint density at radius 3 is 2.50 bits per heavy atom. The Morgan fingerprint density at radius 1 is 1.00 bits per heavy atom. The molecule has 1 aliphatic heterocycles. The lowest BCUT2D eigenvalue weighted by atomic mass is 9.59. The number of phenolic OH excluding ortho intramolecular Hbond substituents is 1. The summed E-state index contributed by atoms with van der Waals surface area (Å²) in [5.74, 6) is -2.61. The fraction of sp³-hybridized carbons (Fsp3) is 0.290. The van der Waals surface area contributed by atoms with Crippen LogP contribution in [0.25, 0.3) is 0 Å². The van der Waals surface area contributed by atoms with Crippen LogP contribution in [0.15, 0.2) is 83.0 Å². The van der Waals surface area contributed by atoms with E-state index in [0.29, 0.717) is 34.5 Å². The lowest BCUT2D eigenvalue weighted by Gasteiger charge is -2.42. The number of imide groups is 1. The number of methoxy groups -OCH3 is 1. The molecule has 0 radical (unpaired) electrons. The number of fused-ring (bicyclic) bond motifs is 3. The summed E-state index contributed by atoms with van der Waals surface area (Å²) in [6.07, 6.45) is 3.95. The number of aromatic hydroxyl groups is 1. The number of ether oxygens (including phenoxy) is 1. The summed E-state index contributed by atoms with van der Waals surface area (Å²) in [6, 6.07) is 14.1. The van der Waals surface area contributed by atoms with E-state index in [4.69, 9.17) is 4.74 Å². The summed E-state index contributed by atoms with van der Waals surface area (Å²) >= 11 is 0. The Hall–Kier alpha value is -4.26. The van der Waals surface area contributed by atoms with E-state index in [0.717, 1.165) is 11.1 Å². The van der Waals surface area contributed by atoms with Crippen LogP contribution in [0, 0.1) is 17.8 Å². The highest BCUT2D eigenvalue weighted by Gasteiger charge is 2.56. The predicted molar refractivity (Wildman–Crippen MR) is 138 cm³/mol. The molecule has 0 unspecified atom stereocenters. The highest BCUT2D eigenvalue weighted by atomic mass is 16.5. The maximum absolute atomic E-state index is 13.8. The summed E-state index contributed by atoms with van der Waals surface area (Å²) in [6.45, 7) is 1.84. The minimum absolute atomic E-state index is 0.0140. The molecule has 4 atom stereocenters. The van der Waals surface area contributed by atoms with Gasteiger partial charge in [-0.15, -0.1) is 0 Å². The van der Waals surface area contributed by atoms with Gasteiger partial charge in [-0.05, 0) is 43.4 Å². The Kier molecular flexibility index (Phi) is 5.67. The number of amides is 2. The standard InChI is InChI=1S/C31H27NO6/c1-16-12-24(34)23-14-22-19(26(28(23)29(16)35)20-9-8-18(33)13-25(20)38-2)10-11-21-27(22)31(37)32(30(21)36)15-17-6-4-3-5-7-17/h3-10,12-13,21-22,26-27,33H,11,14-15H2,1-2H3/t21-,22+,26+,27-/m0/s1. The van der Waals surface area contributed by atoms with E-state index in [1.54, 1.807) is 13.0 Å². The molecule has 6 rings (SSSR count). The third-order valence-corrected chi connectivity index (χ3v) is 8.37. The van der Waals surface area contributed by atoms with Gasteiger partial charge in [0.25, 0.3) is 0 Å². The average molecular weight is 510 g/mol. The number of hydrogen-bond acceptors (Lipinski definition) is 6. The molecule has 1 heterocycles. The molecule has 2 aromatic carbocycles. The van der Waals surface area contributed by atoms with Gasteiger partial charge < -0.3 is 9.84 Å². The smallest absolute Gasteiger partial charge is 0.234 e. The van der Waals surface area contributed by atoms with Crippen molar-refractivity contribution in [3.63, 3.8) is 0 Å². The van der Waals surface area contributed by atoms with Crippen LogP contribution in [-0.4, -0.2) is 40.5 Å². The van der Waals surface area contributed by atoms with Crippen molar-refractivity contribution in [2.24, 2.45) is 17.8 Å². The maximum Gasteiger partial charge on any atom is 0.234 e. The number of rotatable bonds is 4. The summed E-state index contributed by atoms with van der Waals surface area (Å²) in [7, 11) is 1.48. The second-order valence-electron chi connectivity index (χ2n) is 10.4. The molecule has 2 amide bonds. The molecule has 1 fully saturated rings. The summed E-state index contributed by atoms with van der Waals surface area (Å²) in [4.78, 5) is 55.4. The first-order valence-corrected chi connectivity index (χ1v) is 12.8. The Morgan fingerprint density at radius 2 is 1.76 bits per heavy atom. The van der Waals surface area contributed by atoms with E-state index in [9.17, 15) is 24.3 Å². The molecular formula is C31H27NO6. The van der Waals surface area contributed by atoms with Gasteiger partial charge in [-0.2, -0.15) is 0 Å². The summed E-state index contributed by atoms with van der Waals surface area (Å²) < 4.78 is 5.59. The number of hydrogen-bond donors (Lipinski definition) is 1. The Labute approximate surface area is 220 Å². The number of allylic oxidation sites excluding steroid dienone is 6. The molecule has 192 valence electrons. The molecule has 0 spiro atoms. The normalized spacial score (nSPS) is 26.5.